The highest BCUT2D eigenvalue weighted by atomic mass is 19.1. The first kappa shape index (κ1) is 15.0. The van der Waals surface area contributed by atoms with E-state index in [9.17, 15) is 28.6 Å². The molecule has 4 N–H and O–H groups in total. The molecule has 0 heterocycles. The molecular weight excluding hydrogens is 266 g/mol. The van der Waals surface area contributed by atoms with Crippen molar-refractivity contribution in [3.8, 4) is 0 Å². The highest BCUT2D eigenvalue weighted by molar-refractivity contribution is 5.88. The van der Waals surface area contributed by atoms with E-state index in [0.29, 0.717) is 6.07 Å². The monoisotopic (exact) mass is 276 g/mol. The van der Waals surface area contributed by atoms with E-state index in [-0.39, 0.29) is 0 Å². The molecule has 1 aromatic carbocycles. The number of hydrogen-bond acceptors (Lipinski definition) is 4. The fourth-order valence-electron chi connectivity index (χ4n) is 1.49. The molecule has 0 saturated carbocycles. The van der Waals surface area contributed by atoms with Crippen molar-refractivity contribution in [2.24, 2.45) is 0 Å². The zero-order valence-corrected chi connectivity index (χ0v) is 9.38. The van der Waals surface area contributed by atoms with Crippen LogP contribution in [-0.2, 0) is 4.79 Å². The molecule has 6 nitrogen and oxygen atoms in total. The number of hydrogen-bond donors (Lipinski definition) is 4. The lowest BCUT2D eigenvalue weighted by Gasteiger charge is -2.18. The van der Waals surface area contributed by atoms with Gasteiger partial charge in [-0.15, -0.1) is 0 Å². The molecule has 0 fully saturated rings. The van der Waals surface area contributed by atoms with Crippen LogP contribution in [-0.4, -0.2) is 38.5 Å². The number of carboxylic acids is 2. The minimum atomic E-state index is -1.98. The first-order chi connectivity index (χ1) is 8.75. The average molecular weight is 276 g/mol. The number of aliphatic hydroxyl groups excluding tert-OH is 2. The molecule has 0 radical (unpaired) electrons. The van der Waals surface area contributed by atoms with Gasteiger partial charge in [0, 0.05) is 5.56 Å². The first-order valence-corrected chi connectivity index (χ1v) is 5.04. The third-order valence-corrected chi connectivity index (χ3v) is 2.40. The lowest BCUT2D eigenvalue weighted by atomic mass is 9.99. The van der Waals surface area contributed by atoms with Crippen molar-refractivity contribution in [2.75, 3.05) is 0 Å². The van der Waals surface area contributed by atoms with Crippen LogP contribution in [0.4, 0.5) is 8.78 Å². The van der Waals surface area contributed by atoms with Crippen molar-refractivity contribution in [2.45, 2.75) is 18.6 Å². The lowest BCUT2D eigenvalue weighted by Crippen LogP contribution is -2.23. The Labute approximate surface area is 105 Å². The van der Waals surface area contributed by atoms with E-state index in [4.69, 9.17) is 10.2 Å². The Bertz CT molecular complexity index is 516. The van der Waals surface area contributed by atoms with Crippen molar-refractivity contribution in [1.29, 1.82) is 0 Å². The highest BCUT2D eigenvalue weighted by Gasteiger charge is 2.28. The van der Waals surface area contributed by atoms with Crippen LogP contribution in [0.2, 0.25) is 0 Å². The normalized spacial score (nSPS) is 13.9. The van der Waals surface area contributed by atoms with Crippen molar-refractivity contribution >= 4 is 11.9 Å². The Kier molecular flexibility index (Phi) is 4.52. The van der Waals surface area contributed by atoms with E-state index >= 15 is 0 Å². The van der Waals surface area contributed by atoms with E-state index in [0.717, 1.165) is 6.07 Å². The predicted octanol–water partition coefficient (Wildman–Crippen LogP) is 0.532. The number of carbonyl (C=O) groups is 2. The van der Waals surface area contributed by atoms with Crippen LogP contribution in [0.15, 0.2) is 12.1 Å². The second kappa shape index (κ2) is 5.72. The number of aromatic carboxylic acids is 1. The third kappa shape index (κ3) is 3.24. The van der Waals surface area contributed by atoms with Crippen molar-refractivity contribution in [3.63, 3.8) is 0 Å². The van der Waals surface area contributed by atoms with Crippen LogP contribution < -0.4 is 0 Å². The van der Waals surface area contributed by atoms with Gasteiger partial charge in [0.2, 0.25) is 0 Å². The largest absolute Gasteiger partial charge is 0.481 e. The van der Waals surface area contributed by atoms with Gasteiger partial charge in [-0.2, -0.15) is 0 Å². The molecule has 8 heteroatoms. The van der Waals surface area contributed by atoms with E-state index in [1.165, 1.54) is 0 Å². The molecule has 0 aliphatic heterocycles. The Morgan fingerprint density at radius 3 is 2.21 bits per heavy atom. The maximum absolute atomic E-state index is 13.7. The second-order valence-electron chi connectivity index (χ2n) is 3.74. The fourth-order valence-corrected chi connectivity index (χ4v) is 1.49. The van der Waals surface area contributed by atoms with Crippen molar-refractivity contribution < 1.29 is 38.8 Å². The second-order valence-corrected chi connectivity index (χ2v) is 3.74. The number of aliphatic carboxylic acids is 1. The smallest absolute Gasteiger partial charge is 0.341 e. The van der Waals surface area contributed by atoms with Crippen molar-refractivity contribution in [1.82, 2.24) is 0 Å². The summed E-state index contributed by atoms with van der Waals surface area (Å²) in [4.78, 5) is 21.0. The predicted molar refractivity (Wildman–Crippen MR) is 56.5 cm³/mol. The van der Waals surface area contributed by atoms with Crippen LogP contribution in [0.3, 0.4) is 0 Å². The molecule has 0 amide bonds. The summed E-state index contributed by atoms with van der Waals surface area (Å²) in [6, 6.07) is 1.35. The molecule has 1 rings (SSSR count). The molecule has 0 saturated heterocycles. The standard InChI is InChI=1S/C11H10F2O6/c12-5-2-1-4(9(13)8(5)11(18)19)10(17)6(14)3-7(15)16/h1-2,6,10,14,17H,3H2,(H,15,16)(H,18,19). The summed E-state index contributed by atoms with van der Waals surface area (Å²) in [5.74, 6) is -6.21. The van der Waals surface area contributed by atoms with Crippen LogP contribution in [0, 0.1) is 11.6 Å². The molecule has 0 spiro atoms. The number of rotatable bonds is 5. The molecule has 19 heavy (non-hydrogen) atoms. The van der Waals surface area contributed by atoms with Crippen LogP contribution in [0.5, 0.6) is 0 Å². The zero-order valence-electron chi connectivity index (χ0n) is 9.38. The van der Waals surface area contributed by atoms with E-state index < -0.39 is 53.3 Å². The van der Waals surface area contributed by atoms with Gasteiger partial charge in [-0.1, -0.05) is 6.07 Å². The molecule has 1 aromatic rings. The molecule has 0 aliphatic rings. The lowest BCUT2D eigenvalue weighted by molar-refractivity contribution is -0.141. The van der Waals surface area contributed by atoms with Crippen molar-refractivity contribution in [3.05, 3.63) is 34.9 Å². The Balaban J connectivity index is 3.18. The van der Waals surface area contributed by atoms with Gasteiger partial charge in [0.15, 0.2) is 0 Å². The Hall–Kier alpha value is -2.06. The molecule has 0 bridgehead atoms. The maximum Gasteiger partial charge on any atom is 0.341 e. The number of benzene rings is 1. The summed E-state index contributed by atoms with van der Waals surface area (Å²) in [6.07, 6.45) is -4.70. The highest BCUT2D eigenvalue weighted by Crippen LogP contribution is 2.25. The van der Waals surface area contributed by atoms with Gasteiger partial charge in [-0.25, -0.2) is 13.6 Å². The summed E-state index contributed by atoms with van der Waals surface area (Å²) in [5.41, 5.74) is -1.97. The van der Waals surface area contributed by atoms with E-state index in [2.05, 4.69) is 0 Å². The average Bonchev–Trinajstić information content (AvgIpc) is 2.26. The van der Waals surface area contributed by atoms with E-state index in [1.54, 1.807) is 0 Å². The summed E-state index contributed by atoms with van der Waals surface area (Å²) < 4.78 is 26.8. The topological polar surface area (TPSA) is 115 Å². The van der Waals surface area contributed by atoms with Gasteiger partial charge in [-0.05, 0) is 6.07 Å². The summed E-state index contributed by atoms with van der Waals surface area (Å²) in [7, 11) is 0. The number of aliphatic hydroxyl groups is 2. The zero-order chi connectivity index (χ0) is 14.7. The molecule has 104 valence electrons. The summed E-state index contributed by atoms with van der Waals surface area (Å²) in [5, 5.41) is 35.9. The Morgan fingerprint density at radius 2 is 1.74 bits per heavy atom. The molecule has 2 unspecified atom stereocenters. The van der Waals surface area contributed by atoms with Gasteiger partial charge < -0.3 is 20.4 Å². The fraction of sp³-hybridized carbons (Fsp3) is 0.273. The van der Waals surface area contributed by atoms with Gasteiger partial charge in [-0.3, -0.25) is 4.79 Å². The summed E-state index contributed by atoms with van der Waals surface area (Å²) >= 11 is 0. The molecule has 0 aromatic heterocycles. The van der Waals surface area contributed by atoms with Gasteiger partial charge in [0.1, 0.15) is 23.3 Å². The van der Waals surface area contributed by atoms with Crippen LogP contribution in [0.25, 0.3) is 0 Å². The van der Waals surface area contributed by atoms with Crippen LogP contribution >= 0.6 is 0 Å². The SMILES string of the molecule is O=C(O)CC(O)C(O)c1ccc(F)c(C(=O)O)c1F. The van der Waals surface area contributed by atoms with Crippen LogP contribution in [0.1, 0.15) is 28.4 Å². The maximum atomic E-state index is 13.7. The van der Waals surface area contributed by atoms with Gasteiger partial charge in [0.05, 0.1) is 12.5 Å². The minimum Gasteiger partial charge on any atom is -0.481 e. The van der Waals surface area contributed by atoms with E-state index in [1.807, 2.05) is 0 Å². The van der Waals surface area contributed by atoms with Gasteiger partial charge >= 0.3 is 11.9 Å². The van der Waals surface area contributed by atoms with Gasteiger partial charge in [0.25, 0.3) is 0 Å². The first-order valence-electron chi connectivity index (χ1n) is 5.04. The minimum absolute atomic E-state index is 0.610. The summed E-state index contributed by atoms with van der Waals surface area (Å²) in [6.45, 7) is 0. The third-order valence-electron chi connectivity index (χ3n) is 2.40. The number of halogens is 2. The Morgan fingerprint density at radius 1 is 1.16 bits per heavy atom. The number of carboxylic acid groups (broad SMARTS) is 2. The molecule has 2 atom stereocenters. The molecule has 0 aliphatic carbocycles. The molecular formula is C11H10F2O6. The quantitative estimate of drug-likeness (QED) is 0.623.